The molecule has 0 radical (unpaired) electrons. The van der Waals surface area contributed by atoms with Gasteiger partial charge in [-0.1, -0.05) is 0 Å². The smallest absolute Gasteiger partial charge is 0.260 e. The van der Waals surface area contributed by atoms with Gasteiger partial charge in [0.25, 0.3) is 5.91 Å². The third-order valence-corrected chi connectivity index (χ3v) is 4.67. The number of hydrogen-bond acceptors (Lipinski definition) is 5. The molecule has 136 valence electrons. The lowest BCUT2D eigenvalue weighted by atomic mass is 9.98. The zero-order chi connectivity index (χ0) is 17.6. The van der Waals surface area contributed by atoms with Crippen LogP contribution in [0.25, 0.3) is 0 Å². The first-order valence-electron chi connectivity index (χ1n) is 8.82. The maximum atomic E-state index is 12.2. The summed E-state index contributed by atoms with van der Waals surface area (Å²) < 4.78 is 10.6. The topological polar surface area (TPSA) is 80.8 Å². The maximum absolute atomic E-state index is 12.2. The Morgan fingerprint density at radius 1 is 1.24 bits per heavy atom. The molecule has 1 N–H and O–H groups in total. The molecule has 0 atom stereocenters. The zero-order valence-corrected chi connectivity index (χ0v) is 14.6. The third-order valence-electron chi connectivity index (χ3n) is 4.67. The van der Waals surface area contributed by atoms with Gasteiger partial charge in [0, 0.05) is 38.8 Å². The standard InChI is InChI=1S/C18H25N3O4/c1-24-11-13-6-8-21(9-7-13)17(22)12-25-16-5-4-15(10-19-16)20-18(23)14-2-3-14/h4-5,10,13-14H,2-3,6-9,11-12H2,1H3,(H,20,23). The van der Waals surface area contributed by atoms with Gasteiger partial charge < -0.3 is 19.7 Å². The van der Waals surface area contributed by atoms with Gasteiger partial charge in [-0.2, -0.15) is 0 Å². The molecule has 3 rings (SSSR count). The second-order valence-corrected chi connectivity index (χ2v) is 6.72. The summed E-state index contributed by atoms with van der Waals surface area (Å²) in [4.78, 5) is 29.9. The Balaban J connectivity index is 1.40. The molecule has 1 aliphatic heterocycles. The first kappa shape index (κ1) is 17.7. The molecule has 1 saturated carbocycles. The number of aromatic nitrogens is 1. The number of ether oxygens (including phenoxy) is 2. The van der Waals surface area contributed by atoms with Gasteiger partial charge in [0.15, 0.2) is 6.61 Å². The van der Waals surface area contributed by atoms with E-state index in [0.29, 0.717) is 17.5 Å². The van der Waals surface area contributed by atoms with Gasteiger partial charge in [-0.15, -0.1) is 0 Å². The molecule has 7 heteroatoms. The Kier molecular flexibility index (Phi) is 5.86. The highest BCUT2D eigenvalue weighted by molar-refractivity contribution is 5.93. The number of methoxy groups -OCH3 is 1. The van der Waals surface area contributed by atoms with E-state index in [1.807, 2.05) is 4.90 Å². The van der Waals surface area contributed by atoms with Crippen LogP contribution in [0.2, 0.25) is 0 Å². The number of nitrogens with zero attached hydrogens (tertiary/aromatic N) is 2. The van der Waals surface area contributed by atoms with Crippen molar-refractivity contribution >= 4 is 17.5 Å². The second-order valence-electron chi connectivity index (χ2n) is 6.72. The molecule has 7 nitrogen and oxygen atoms in total. The molecular weight excluding hydrogens is 322 g/mol. The number of carbonyl (C=O) groups is 2. The lowest BCUT2D eigenvalue weighted by molar-refractivity contribution is -0.135. The molecule has 1 aromatic rings. The van der Waals surface area contributed by atoms with Crippen molar-refractivity contribution in [1.82, 2.24) is 9.88 Å². The van der Waals surface area contributed by atoms with Crippen LogP contribution in [-0.4, -0.2) is 55.1 Å². The van der Waals surface area contributed by atoms with Crippen molar-refractivity contribution in [3.63, 3.8) is 0 Å². The van der Waals surface area contributed by atoms with Crippen molar-refractivity contribution in [2.24, 2.45) is 11.8 Å². The second kappa shape index (κ2) is 8.29. The van der Waals surface area contributed by atoms with E-state index in [0.717, 1.165) is 45.4 Å². The molecule has 1 aliphatic carbocycles. The summed E-state index contributed by atoms with van der Waals surface area (Å²) >= 11 is 0. The fourth-order valence-electron chi connectivity index (χ4n) is 2.94. The summed E-state index contributed by atoms with van der Waals surface area (Å²) in [6, 6.07) is 3.41. The van der Waals surface area contributed by atoms with Crippen LogP contribution in [0.15, 0.2) is 18.3 Å². The number of nitrogens with one attached hydrogen (secondary N) is 1. The van der Waals surface area contributed by atoms with Crippen molar-refractivity contribution < 1.29 is 19.1 Å². The van der Waals surface area contributed by atoms with E-state index in [4.69, 9.17) is 9.47 Å². The molecule has 25 heavy (non-hydrogen) atoms. The molecule has 1 aromatic heterocycles. The lowest BCUT2D eigenvalue weighted by Gasteiger charge is -2.31. The minimum Gasteiger partial charge on any atom is -0.468 e. The van der Waals surface area contributed by atoms with Gasteiger partial charge in [0.2, 0.25) is 11.8 Å². The van der Waals surface area contributed by atoms with E-state index in [2.05, 4.69) is 10.3 Å². The van der Waals surface area contributed by atoms with Crippen LogP contribution < -0.4 is 10.1 Å². The number of piperidine rings is 1. The van der Waals surface area contributed by atoms with E-state index < -0.39 is 0 Å². The predicted molar refractivity (Wildman–Crippen MR) is 92.3 cm³/mol. The largest absolute Gasteiger partial charge is 0.468 e. The summed E-state index contributed by atoms with van der Waals surface area (Å²) in [5.74, 6) is 1.09. The molecule has 0 aromatic carbocycles. The number of rotatable bonds is 7. The molecule has 2 heterocycles. The van der Waals surface area contributed by atoms with E-state index in [9.17, 15) is 9.59 Å². The highest BCUT2D eigenvalue weighted by Gasteiger charge is 2.29. The molecule has 2 aliphatic rings. The number of hydrogen-bond donors (Lipinski definition) is 1. The average Bonchev–Trinajstić information content (AvgIpc) is 3.47. The SMILES string of the molecule is COCC1CCN(C(=O)COc2ccc(NC(=O)C3CC3)cn2)CC1. The Bertz CT molecular complexity index is 593. The molecule has 0 spiro atoms. The van der Waals surface area contributed by atoms with Crippen molar-refractivity contribution in [3.05, 3.63) is 18.3 Å². The molecule has 0 bridgehead atoms. The molecule has 2 amide bonds. The summed E-state index contributed by atoms with van der Waals surface area (Å²) in [7, 11) is 1.71. The molecule has 2 fully saturated rings. The normalized spacial score (nSPS) is 18.0. The van der Waals surface area contributed by atoms with Crippen LogP contribution in [0.4, 0.5) is 5.69 Å². The Morgan fingerprint density at radius 3 is 2.60 bits per heavy atom. The molecular formula is C18H25N3O4. The van der Waals surface area contributed by atoms with Crippen molar-refractivity contribution in [2.75, 3.05) is 38.7 Å². The average molecular weight is 347 g/mol. The van der Waals surface area contributed by atoms with E-state index in [-0.39, 0.29) is 24.3 Å². The van der Waals surface area contributed by atoms with Crippen LogP contribution >= 0.6 is 0 Å². The van der Waals surface area contributed by atoms with Crippen molar-refractivity contribution in [2.45, 2.75) is 25.7 Å². The Hall–Kier alpha value is -2.15. The zero-order valence-electron chi connectivity index (χ0n) is 14.6. The fourth-order valence-corrected chi connectivity index (χ4v) is 2.94. The quantitative estimate of drug-likeness (QED) is 0.812. The first-order valence-corrected chi connectivity index (χ1v) is 8.82. The monoisotopic (exact) mass is 347 g/mol. The van der Waals surface area contributed by atoms with Crippen LogP contribution in [0, 0.1) is 11.8 Å². The van der Waals surface area contributed by atoms with Crippen molar-refractivity contribution in [1.29, 1.82) is 0 Å². The van der Waals surface area contributed by atoms with Gasteiger partial charge in [-0.05, 0) is 37.7 Å². The van der Waals surface area contributed by atoms with Crippen LogP contribution in [0.5, 0.6) is 5.88 Å². The molecule has 1 saturated heterocycles. The number of pyridine rings is 1. The number of anilines is 1. The Morgan fingerprint density at radius 2 is 2.00 bits per heavy atom. The summed E-state index contributed by atoms with van der Waals surface area (Å²) in [5, 5.41) is 2.82. The highest BCUT2D eigenvalue weighted by atomic mass is 16.5. The maximum Gasteiger partial charge on any atom is 0.260 e. The highest BCUT2D eigenvalue weighted by Crippen LogP contribution is 2.30. The number of likely N-dealkylation sites (tertiary alicyclic amines) is 1. The van der Waals surface area contributed by atoms with Gasteiger partial charge in [-0.3, -0.25) is 9.59 Å². The van der Waals surface area contributed by atoms with Crippen LogP contribution in [0.3, 0.4) is 0 Å². The van der Waals surface area contributed by atoms with Crippen LogP contribution in [-0.2, 0) is 14.3 Å². The van der Waals surface area contributed by atoms with Gasteiger partial charge >= 0.3 is 0 Å². The fraction of sp³-hybridized carbons (Fsp3) is 0.611. The third kappa shape index (κ3) is 5.16. The van der Waals surface area contributed by atoms with Gasteiger partial charge in [-0.25, -0.2) is 4.98 Å². The van der Waals surface area contributed by atoms with E-state index >= 15 is 0 Å². The molecule has 0 unspecified atom stereocenters. The minimum atomic E-state index is -0.0243. The van der Waals surface area contributed by atoms with E-state index in [1.54, 1.807) is 25.4 Å². The lowest BCUT2D eigenvalue weighted by Crippen LogP contribution is -2.41. The summed E-state index contributed by atoms with van der Waals surface area (Å²) in [6.45, 7) is 2.23. The first-order chi connectivity index (χ1) is 12.2. The van der Waals surface area contributed by atoms with Gasteiger partial charge in [0.05, 0.1) is 11.9 Å². The Labute approximate surface area is 147 Å². The van der Waals surface area contributed by atoms with Crippen LogP contribution in [0.1, 0.15) is 25.7 Å². The number of amides is 2. The summed E-state index contributed by atoms with van der Waals surface area (Å²) in [5.41, 5.74) is 0.649. The van der Waals surface area contributed by atoms with E-state index in [1.165, 1.54) is 0 Å². The van der Waals surface area contributed by atoms with Crippen molar-refractivity contribution in [3.8, 4) is 5.88 Å². The summed E-state index contributed by atoms with van der Waals surface area (Å²) in [6.07, 6.45) is 5.41. The van der Waals surface area contributed by atoms with Gasteiger partial charge in [0.1, 0.15) is 0 Å². The number of carbonyl (C=O) groups excluding carboxylic acids is 2. The predicted octanol–water partition coefficient (Wildman–Crippen LogP) is 1.69. The minimum absolute atomic E-state index is 0.0181.